The van der Waals surface area contributed by atoms with Gasteiger partial charge in [-0.15, -0.1) is 0 Å². The van der Waals surface area contributed by atoms with Crippen molar-refractivity contribution in [3.8, 4) is 0 Å². The van der Waals surface area contributed by atoms with Crippen molar-refractivity contribution in [1.82, 2.24) is 15.5 Å². The Hall–Kier alpha value is -2.30. The topological polar surface area (TPSA) is 83.8 Å². The third kappa shape index (κ3) is 2.63. The summed E-state index contributed by atoms with van der Waals surface area (Å²) in [5, 5.41) is 9.27. The summed E-state index contributed by atoms with van der Waals surface area (Å²) in [4.78, 5) is 11.9. The third-order valence-corrected chi connectivity index (χ3v) is 2.46. The van der Waals surface area contributed by atoms with Crippen molar-refractivity contribution in [2.45, 2.75) is 13.5 Å². The number of amides is 1. The Morgan fingerprint density at radius 2 is 2.35 bits per heavy atom. The number of nitrogen functional groups attached to an aromatic ring is 1. The number of nitrogens with zero attached hydrogens (tertiary/aromatic N) is 1. The minimum absolute atomic E-state index is 0.177. The maximum Gasteiger partial charge on any atom is 0.253 e. The molecule has 4 N–H and O–H groups in total. The fourth-order valence-electron chi connectivity index (χ4n) is 1.54. The minimum Gasteiger partial charge on any atom is -0.398 e. The fourth-order valence-corrected chi connectivity index (χ4v) is 1.54. The van der Waals surface area contributed by atoms with E-state index in [1.807, 2.05) is 13.0 Å². The molecule has 88 valence electrons. The van der Waals surface area contributed by atoms with E-state index in [2.05, 4.69) is 15.5 Å². The second kappa shape index (κ2) is 4.69. The molecule has 5 nitrogen and oxygen atoms in total. The van der Waals surface area contributed by atoms with Crippen molar-refractivity contribution >= 4 is 11.6 Å². The number of nitrogens with one attached hydrogen (secondary N) is 2. The van der Waals surface area contributed by atoms with Crippen LogP contribution in [0.4, 0.5) is 5.69 Å². The van der Waals surface area contributed by atoms with Crippen molar-refractivity contribution in [2.75, 3.05) is 5.73 Å². The number of H-pyrrole nitrogens is 1. The Labute approximate surface area is 99.0 Å². The monoisotopic (exact) mass is 230 g/mol. The number of aromatic amines is 1. The van der Waals surface area contributed by atoms with Crippen molar-refractivity contribution in [2.24, 2.45) is 0 Å². The molecular formula is C12H14N4O. The standard InChI is InChI=1S/C12H14N4O/c1-8-2-3-10(11(13)4-8)12(17)14-5-9-6-15-16-7-9/h2-4,6-7H,5,13H2,1H3,(H,14,17)(H,15,16). The van der Waals surface area contributed by atoms with Gasteiger partial charge in [0.05, 0.1) is 11.8 Å². The Morgan fingerprint density at radius 1 is 1.53 bits per heavy atom. The molecule has 0 fully saturated rings. The maximum absolute atomic E-state index is 11.9. The molecule has 0 spiro atoms. The van der Waals surface area contributed by atoms with Crippen molar-refractivity contribution < 1.29 is 4.79 Å². The van der Waals surface area contributed by atoms with Gasteiger partial charge in [0.1, 0.15) is 0 Å². The Bertz CT molecular complexity index is 519. The number of aryl methyl sites for hydroxylation is 1. The highest BCUT2D eigenvalue weighted by Crippen LogP contribution is 2.13. The number of rotatable bonds is 3. The molecule has 0 aliphatic heterocycles. The van der Waals surface area contributed by atoms with Gasteiger partial charge in [-0.1, -0.05) is 6.07 Å². The van der Waals surface area contributed by atoms with Gasteiger partial charge in [0.2, 0.25) is 0 Å². The quantitative estimate of drug-likeness (QED) is 0.693. The number of carbonyl (C=O) groups is 1. The number of anilines is 1. The Kier molecular flexibility index (Phi) is 3.09. The van der Waals surface area contributed by atoms with E-state index in [9.17, 15) is 4.79 Å². The smallest absolute Gasteiger partial charge is 0.253 e. The molecule has 0 bridgehead atoms. The molecule has 0 aliphatic carbocycles. The van der Waals surface area contributed by atoms with E-state index >= 15 is 0 Å². The molecule has 0 unspecified atom stereocenters. The summed E-state index contributed by atoms with van der Waals surface area (Å²) < 4.78 is 0. The highest BCUT2D eigenvalue weighted by Gasteiger charge is 2.09. The van der Waals surface area contributed by atoms with Crippen LogP contribution >= 0.6 is 0 Å². The second-order valence-electron chi connectivity index (χ2n) is 3.88. The molecule has 0 atom stereocenters. The lowest BCUT2D eigenvalue weighted by molar-refractivity contribution is 0.0952. The lowest BCUT2D eigenvalue weighted by Crippen LogP contribution is -2.23. The van der Waals surface area contributed by atoms with Gasteiger partial charge in [-0.2, -0.15) is 5.10 Å². The van der Waals surface area contributed by atoms with Gasteiger partial charge in [-0.3, -0.25) is 9.89 Å². The summed E-state index contributed by atoms with van der Waals surface area (Å²) in [5.74, 6) is -0.177. The van der Waals surface area contributed by atoms with Gasteiger partial charge >= 0.3 is 0 Å². The van der Waals surface area contributed by atoms with Crippen LogP contribution in [0.25, 0.3) is 0 Å². The second-order valence-corrected chi connectivity index (χ2v) is 3.88. The summed E-state index contributed by atoms with van der Waals surface area (Å²) >= 11 is 0. The highest BCUT2D eigenvalue weighted by atomic mass is 16.1. The molecule has 0 aliphatic rings. The predicted molar refractivity (Wildman–Crippen MR) is 65.3 cm³/mol. The zero-order chi connectivity index (χ0) is 12.3. The summed E-state index contributed by atoms with van der Waals surface area (Å²) in [6, 6.07) is 5.38. The number of hydrogen-bond acceptors (Lipinski definition) is 3. The van der Waals surface area contributed by atoms with E-state index in [0.29, 0.717) is 17.8 Å². The molecule has 17 heavy (non-hydrogen) atoms. The highest BCUT2D eigenvalue weighted by molar-refractivity contribution is 5.99. The van der Waals surface area contributed by atoms with Crippen molar-refractivity contribution in [1.29, 1.82) is 0 Å². The maximum atomic E-state index is 11.9. The van der Waals surface area contributed by atoms with E-state index in [4.69, 9.17) is 5.73 Å². The molecule has 0 saturated heterocycles. The van der Waals surface area contributed by atoms with Crippen molar-refractivity contribution in [3.05, 3.63) is 47.3 Å². The Morgan fingerprint density at radius 3 is 3.00 bits per heavy atom. The number of benzene rings is 1. The number of nitrogens with two attached hydrogens (primary N) is 1. The summed E-state index contributed by atoms with van der Waals surface area (Å²) in [6.45, 7) is 2.37. The minimum atomic E-state index is -0.177. The van der Waals surface area contributed by atoms with E-state index in [1.165, 1.54) is 0 Å². The normalized spacial score (nSPS) is 10.2. The van der Waals surface area contributed by atoms with E-state index < -0.39 is 0 Å². The lowest BCUT2D eigenvalue weighted by Gasteiger charge is -2.07. The van der Waals surface area contributed by atoms with Gasteiger partial charge in [0.25, 0.3) is 5.91 Å². The first kappa shape index (κ1) is 11.2. The zero-order valence-corrected chi connectivity index (χ0v) is 9.53. The summed E-state index contributed by atoms with van der Waals surface area (Å²) in [7, 11) is 0. The first-order valence-corrected chi connectivity index (χ1v) is 5.29. The molecule has 0 radical (unpaired) electrons. The van der Waals surface area contributed by atoms with E-state index in [-0.39, 0.29) is 5.91 Å². The number of carbonyl (C=O) groups excluding carboxylic acids is 1. The first-order chi connectivity index (χ1) is 8.16. The van der Waals surface area contributed by atoms with Gasteiger partial charge < -0.3 is 11.1 Å². The molecular weight excluding hydrogens is 216 g/mol. The summed E-state index contributed by atoms with van der Waals surface area (Å²) in [6.07, 6.45) is 3.40. The first-order valence-electron chi connectivity index (χ1n) is 5.29. The van der Waals surface area contributed by atoms with Crippen LogP contribution in [0.3, 0.4) is 0 Å². The number of aromatic nitrogens is 2. The lowest BCUT2D eigenvalue weighted by atomic mass is 10.1. The number of hydrogen-bond donors (Lipinski definition) is 3. The van der Waals surface area contributed by atoms with Crippen molar-refractivity contribution in [3.63, 3.8) is 0 Å². The van der Waals surface area contributed by atoms with Gasteiger partial charge in [-0.25, -0.2) is 0 Å². The largest absolute Gasteiger partial charge is 0.398 e. The SMILES string of the molecule is Cc1ccc(C(=O)NCc2cn[nH]c2)c(N)c1. The van der Waals surface area contributed by atoms with Crippen LogP contribution in [-0.4, -0.2) is 16.1 Å². The fraction of sp³-hybridized carbons (Fsp3) is 0.167. The van der Waals surface area contributed by atoms with Gasteiger partial charge in [-0.05, 0) is 24.6 Å². The van der Waals surface area contributed by atoms with Gasteiger partial charge in [0.15, 0.2) is 0 Å². The van der Waals surface area contributed by atoms with Crippen LogP contribution in [-0.2, 0) is 6.54 Å². The average molecular weight is 230 g/mol. The van der Waals surface area contributed by atoms with Crippen LogP contribution in [0.5, 0.6) is 0 Å². The molecule has 1 heterocycles. The van der Waals surface area contributed by atoms with Crippen LogP contribution in [0, 0.1) is 6.92 Å². The zero-order valence-electron chi connectivity index (χ0n) is 9.53. The molecule has 0 saturated carbocycles. The van der Waals surface area contributed by atoms with Crippen LogP contribution in [0.2, 0.25) is 0 Å². The van der Waals surface area contributed by atoms with Gasteiger partial charge in [0, 0.05) is 24.0 Å². The van der Waals surface area contributed by atoms with E-state index in [0.717, 1.165) is 11.1 Å². The molecule has 2 aromatic rings. The van der Waals surface area contributed by atoms with Crippen LogP contribution in [0.15, 0.2) is 30.6 Å². The molecule has 1 aromatic carbocycles. The third-order valence-electron chi connectivity index (χ3n) is 2.46. The average Bonchev–Trinajstić information content (AvgIpc) is 2.78. The summed E-state index contributed by atoms with van der Waals surface area (Å²) in [5.41, 5.74) is 8.74. The molecule has 1 amide bonds. The van der Waals surface area contributed by atoms with Crippen LogP contribution in [0.1, 0.15) is 21.5 Å². The van der Waals surface area contributed by atoms with Crippen LogP contribution < -0.4 is 11.1 Å². The Balaban J connectivity index is 2.04. The molecule has 2 rings (SSSR count). The molecule has 1 aromatic heterocycles. The van der Waals surface area contributed by atoms with E-state index in [1.54, 1.807) is 24.5 Å². The molecule has 5 heteroatoms. The predicted octanol–water partition coefficient (Wildman–Crippen LogP) is 1.23.